The number of anilines is 1. The van der Waals surface area contributed by atoms with Crippen molar-refractivity contribution in [2.24, 2.45) is 0 Å². The standard InChI is InChI=1S/C10H17N5O2/c11-9-8(7-12-13-9)10(17)15-3-1-14(2-4-15)5-6-16/h7,16H,1-6H2,(H3,11,12,13). The number of amides is 1. The Morgan fingerprint density at radius 3 is 2.71 bits per heavy atom. The lowest BCUT2D eigenvalue weighted by Gasteiger charge is -2.34. The minimum atomic E-state index is -0.0834. The van der Waals surface area contributed by atoms with E-state index in [0.29, 0.717) is 31.0 Å². The quantitative estimate of drug-likeness (QED) is 0.611. The Balaban J connectivity index is 1.93. The van der Waals surface area contributed by atoms with E-state index >= 15 is 0 Å². The number of β-amino-alcohol motifs (C(OH)–C–C–N with tert-alkyl or cyclic N) is 1. The van der Waals surface area contributed by atoms with Crippen LogP contribution in [0.2, 0.25) is 0 Å². The van der Waals surface area contributed by atoms with Gasteiger partial charge in [-0.25, -0.2) is 0 Å². The van der Waals surface area contributed by atoms with E-state index in [-0.39, 0.29) is 12.5 Å². The molecule has 0 radical (unpaired) electrons. The number of carbonyl (C=O) groups is 1. The Hall–Kier alpha value is -1.60. The minimum Gasteiger partial charge on any atom is -0.395 e. The number of piperazine rings is 1. The molecule has 0 aromatic carbocycles. The van der Waals surface area contributed by atoms with Gasteiger partial charge < -0.3 is 15.7 Å². The van der Waals surface area contributed by atoms with Crippen LogP contribution >= 0.6 is 0 Å². The number of hydrogen-bond donors (Lipinski definition) is 3. The zero-order chi connectivity index (χ0) is 12.3. The molecular formula is C10H17N5O2. The smallest absolute Gasteiger partial charge is 0.259 e. The summed E-state index contributed by atoms with van der Waals surface area (Å²) in [5, 5.41) is 15.1. The first-order chi connectivity index (χ1) is 8.22. The molecule has 0 saturated carbocycles. The number of aliphatic hydroxyl groups excluding tert-OH is 1. The van der Waals surface area contributed by atoms with Gasteiger partial charge >= 0.3 is 0 Å². The first-order valence-electron chi connectivity index (χ1n) is 5.63. The second-order valence-corrected chi connectivity index (χ2v) is 4.05. The first kappa shape index (κ1) is 11.9. The van der Waals surface area contributed by atoms with Crippen molar-refractivity contribution in [1.82, 2.24) is 20.0 Å². The van der Waals surface area contributed by atoms with E-state index in [4.69, 9.17) is 10.8 Å². The highest BCUT2D eigenvalue weighted by Gasteiger charge is 2.23. The van der Waals surface area contributed by atoms with Crippen LogP contribution in [0.25, 0.3) is 0 Å². The molecule has 94 valence electrons. The molecule has 0 spiro atoms. The van der Waals surface area contributed by atoms with Crippen molar-refractivity contribution in [2.45, 2.75) is 0 Å². The van der Waals surface area contributed by atoms with Crippen LogP contribution in [0.15, 0.2) is 6.20 Å². The van der Waals surface area contributed by atoms with E-state index in [1.807, 2.05) is 0 Å². The van der Waals surface area contributed by atoms with Crippen molar-refractivity contribution in [3.8, 4) is 0 Å². The fraction of sp³-hybridized carbons (Fsp3) is 0.600. The van der Waals surface area contributed by atoms with Gasteiger partial charge in [0.1, 0.15) is 11.4 Å². The molecule has 1 aromatic heterocycles. The topological polar surface area (TPSA) is 98.5 Å². The van der Waals surface area contributed by atoms with Gasteiger partial charge in [0, 0.05) is 32.7 Å². The van der Waals surface area contributed by atoms with Gasteiger partial charge in [-0.15, -0.1) is 0 Å². The van der Waals surface area contributed by atoms with Crippen molar-refractivity contribution in [3.05, 3.63) is 11.8 Å². The van der Waals surface area contributed by atoms with Gasteiger partial charge in [0.25, 0.3) is 5.91 Å². The molecular weight excluding hydrogens is 222 g/mol. The molecule has 7 heteroatoms. The van der Waals surface area contributed by atoms with Gasteiger partial charge in [-0.05, 0) is 0 Å². The average Bonchev–Trinajstić information content (AvgIpc) is 2.76. The van der Waals surface area contributed by atoms with Crippen LogP contribution in [0, 0.1) is 0 Å². The van der Waals surface area contributed by atoms with E-state index in [1.54, 1.807) is 4.90 Å². The molecule has 1 aromatic rings. The second-order valence-electron chi connectivity index (χ2n) is 4.05. The van der Waals surface area contributed by atoms with E-state index in [9.17, 15) is 4.79 Å². The molecule has 0 unspecified atom stereocenters. The minimum absolute atomic E-state index is 0.0834. The number of aromatic amines is 1. The van der Waals surface area contributed by atoms with Crippen LogP contribution in [0.3, 0.4) is 0 Å². The summed E-state index contributed by atoms with van der Waals surface area (Å²) in [5.74, 6) is 0.229. The van der Waals surface area contributed by atoms with Crippen molar-refractivity contribution in [1.29, 1.82) is 0 Å². The van der Waals surface area contributed by atoms with Crippen molar-refractivity contribution in [2.75, 3.05) is 45.1 Å². The van der Waals surface area contributed by atoms with E-state index in [0.717, 1.165) is 13.1 Å². The maximum absolute atomic E-state index is 12.1. The lowest BCUT2D eigenvalue weighted by atomic mass is 10.2. The maximum Gasteiger partial charge on any atom is 0.259 e. The third-order valence-corrected chi connectivity index (χ3v) is 2.97. The largest absolute Gasteiger partial charge is 0.395 e. The zero-order valence-electron chi connectivity index (χ0n) is 9.59. The van der Waals surface area contributed by atoms with Crippen LogP contribution in [0.5, 0.6) is 0 Å². The third-order valence-electron chi connectivity index (χ3n) is 2.97. The Kier molecular flexibility index (Phi) is 3.60. The van der Waals surface area contributed by atoms with E-state index in [2.05, 4.69) is 15.1 Å². The van der Waals surface area contributed by atoms with Gasteiger partial charge in [0.05, 0.1) is 12.8 Å². The number of nitrogen functional groups attached to an aromatic ring is 1. The molecule has 1 amide bonds. The fourth-order valence-electron chi connectivity index (χ4n) is 1.95. The summed E-state index contributed by atoms with van der Waals surface area (Å²) in [7, 11) is 0. The Labute approximate surface area is 99.2 Å². The molecule has 1 fully saturated rings. The van der Waals surface area contributed by atoms with Crippen molar-refractivity contribution >= 4 is 11.7 Å². The second kappa shape index (κ2) is 5.15. The summed E-state index contributed by atoms with van der Waals surface area (Å²) in [6.45, 7) is 3.69. The summed E-state index contributed by atoms with van der Waals surface area (Å²) >= 11 is 0. The molecule has 1 aliphatic rings. The Bertz CT molecular complexity index is 384. The molecule has 0 bridgehead atoms. The van der Waals surface area contributed by atoms with Gasteiger partial charge in [-0.3, -0.25) is 14.8 Å². The number of nitrogens with one attached hydrogen (secondary N) is 1. The lowest BCUT2D eigenvalue weighted by Crippen LogP contribution is -2.49. The number of hydrogen-bond acceptors (Lipinski definition) is 5. The summed E-state index contributed by atoms with van der Waals surface area (Å²) < 4.78 is 0. The van der Waals surface area contributed by atoms with Crippen LogP contribution in [0.1, 0.15) is 10.4 Å². The normalized spacial score (nSPS) is 17.4. The Morgan fingerprint density at radius 1 is 1.47 bits per heavy atom. The van der Waals surface area contributed by atoms with Crippen LogP contribution in [0.4, 0.5) is 5.82 Å². The number of H-pyrrole nitrogens is 1. The molecule has 2 rings (SSSR count). The molecule has 0 aliphatic carbocycles. The van der Waals surface area contributed by atoms with Crippen molar-refractivity contribution < 1.29 is 9.90 Å². The third kappa shape index (κ3) is 2.56. The summed E-state index contributed by atoms with van der Waals surface area (Å²) in [5.41, 5.74) is 6.05. The monoisotopic (exact) mass is 239 g/mol. The maximum atomic E-state index is 12.1. The first-order valence-corrected chi connectivity index (χ1v) is 5.63. The highest BCUT2D eigenvalue weighted by molar-refractivity contribution is 5.98. The highest BCUT2D eigenvalue weighted by Crippen LogP contribution is 2.12. The number of carbonyl (C=O) groups excluding carboxylic acids is 1. The summed E-state index contributed by atoms with van der Waals surface area (Å²) in [6, 6.07) is 0. The zero-order valence-corrected chi connectivity index (χ0v) is 9.59. The molecule has 17 heavy (non-hydrogen) atoms. The van der Waals surface area contributed by atoms with E-state index < -0.39 is 0 Å². The van der Waals surface area contributed by atoms with E-state index in [1.165, 1.54) is 6.20 Å². The van der Waals surface area contributed by atoms with Gasteiger partial charge in [-0.1, -0.05) is 0 Å². The van der Waals surface area contributed by atoms with Gasteiger partial charge in [0.15, 0.2) is 0 Å². The number of rotatable bonds is 3. The lowest BCUT2D eigenvalue weighted by molar-refractivity contribution is 0.0616. The van der Waals surface area contributed by atoms with Gasteiger partial charge in [-0.2, -0.15) is 5.10 Å². The fourth-order valence-corrected chi connectivity index (χ4v) is 1.95. The van der Waals surface area contributed by atoms with Gasteiger partial charge in [0.2, 0.25) is 0 Å². The number of aliphatic hydroxyl groups is 1. The Morgan fingerprint density at radius 2 is 2.18 bits per heavy atom. The summed E-state index contributed by atoms with van der Waals surface area (Å²) in [6.07, 6.45) is 1.46. The SMILES string of the molecule is Nc1[nH]ncc1C(=O)N1CCN(CCO)CC1. The van der Waals surface area contributed by atoms with Crippen LogP contribution in [-0.4, -0.2) is 70.3 Å². The number of nitrogens with two attached hydrogens (primary N) is 1. The van der Waals surface area contributed by atoms with Crippen LogP contribution < -0.4 is 5.73 Å². The predicted octanol–water partition coefficient (Wildman–Crippen LogP) is -1.26. The van der Waals surface area contributed by atoms with Crippen molar-refractivity contribution in [3.63, 3.8) is 0 Å². The number of aromatic nitrogens is 2. The average molecular weight is 239 g/mol. The highest BCUT2D eigenvalue weighted by atomic mass is 16.3. The summed E-state index contributed by atoms with van der Waals surface area (Å²) in [4.78, 5) is 16.0. The molecule has 1 aliphatic heterocycles. The molecule has 7 nitrogen and oxygen atoms in total. The predicted molar refractivity (Wildman–Crippen MR) is 62.4 cm³/mol. The molecule has 0 atom stereocenters. The van der Waals surface area contributed by atoms with Crippen LogP contribution in [-0.2, 0) is 0 Å². The molecule has 1 saturated heterocycles. The molecule has 2 heterocycles. The number of nitrogens with zero attached hydrogens (tertiary/aromatic N) is 3. The molecule has 4 N–H and O–H groups in total.